The fourth-order valence-electron chi connectivity index (χ4n) is 8.08. The van der Waals surface area contributed by atoms with E-state index in [1.54, 1.807) is 0 Å². The first kappa shape index (κ1) is 41.0. The molecule has 14 nitrogen and oxygen atoms in total. The number of aromatic amines is 2. The highest BCUT2D eigenvalue weighted by atomic mass is 16.5. The number of benzene rings is 2. The van der Waals surface area contributed by atoms with Crippen LogP contribution < -0.4 is 10.6 Å². The number of nitrogens with one attached hydrogen (secondary N) is 4. The SMILES string of the molecule is C=C.COC(=O)NC(C(=O)N1C2C[C@@H]2C[C@H]1c1nc2ccc(C#Cc3ccc4nc([C@@H]5C[C@H]6CC6N5C)[nH]c4c3)cc2[nH]1)C(C)C.COC(=O)NC(C=O)C(C)C. The highest BCUT2D eigenvalue weighted by Gasteiger charge is 2.56. The highest BCUT2D eigenvalue weighted by Crippen LogP contribution is 2.54. The second-order valence-electron chi connectivity index (χ2n) is 15.9. The van der Waals surface area contributed by atoms with Gasteiger partial charge in [0.05, 0.1) is 54.4 Å². The van der Waals surface area contributed by atoms with E-state index >= 15 is 0 Å². The molecule has 4 aliphatic rings. The van der Waals surface area contributed by atoms with Gasteiger partial charge in [0.1, 0.15) is 24.0 Å². The van der Waals surface area contributed by atoms with Gasteiger partial charge in [0, 0.05) is 23.2 Å². The van der Waals surface area contributed by atoms with Gasteiger partial charge in [-0.25, -0.2) is 19.6 Å². The van der Waals surface area contributed by atoms with Crippen LogP contribution in [0, 0.1) is 35.5 Å². The van der Waals surface area contributed by atoms with E-state index in [-0.39, 0.29) is 29.8 Å². The number of ether oxygens (including phenoxy) is 2. The van der Waals surface area contributed by atoms with E-state index in [9.17, 15) is 19.2 Å². The molecule has 8 atom stereocenters. The number of piperidine rings is 2. The Kier molecular flexibility index (Phi) is 12.4. The first-order valence-corrected chi connectivity index (χ1v) is 19.6. The van der Waals surface area contributed by atoms with E-state index in [0.717, 1.165) is 69.6 Å². The molecule has 2 saturated heterocycles. The number of imidazole rings is 2. The van der Waals surface area contributed by atoms with E-state index in [0.29, 0.717) is 18.2 Å². The monoisotopic (exact) mass is 778 g/mol. The number of hydrogen-bond acceptors (Lipinski definition) is 9. The Labute approximate surface area is 333 Å². The Morgan fingerprint density at radius 2 is 1.30 bits per heavy atom. The third-order valence-corrected chi connectivity index (χ3v) is 11.5. The number of nitrogens with zero attached hydrogens (tertiary/aromatic N) is 4. The van der Waals surface area contributed by atoms with Gasteiger partial charge in [-0.3, -0.25) is 9.69 Å². The number of H-pyrrole nitrogens is 2. The van der Waals surface area contributed by atoms with Crippen molar-refractivity contribution in [3.63, 3.8) is 0 Å². The van der Waals surface area contributed by atoms with E-state index in [1.165, 1.54) is 27.1 Å². The minimum Gasteiger partial charge on any atom is -0.453 e. The lowest BCUT2D eigenvalue weighted by molar-refractivity contribution is -0.136. The van der Waals surface area contributed by atoms with Crippen molar-refractivity contribution in [2.45, 2.75) is 89.6 Å². The molecule has 2 aliphatic carbocycles. The number of likely N-dealkylation sites (tertiary alicyclic amines) is 2. The molecular formula is C43H54N8O6. The lowest BCUT2D eigenvalue weighted by Gasteiger charge is -2.31. The van der Waals surface area contributed by atoms with Crippen molar-refractivity contribution in [3.05, 3.63) is 72.3 Å². The Morgan fingerprint density at radius 3 is 1.79 bits per heavy atom. The number of aromatic nitrogens is 4. The molecule has 14 heteroatoms. The van der Waals surface area contributed by atoms with Crippen molar-refractivity contribution in [2.24, 2.45) is 23.7 Å². The minimum absolute atomic E-state index is 0.0765. The van der Waals surface area contributed by atoms with Crippen LogP contribution in [-0.4, -0.2) is 99.6 Å². The first-order chi connectivity index (χ1) is 27.4. The molecule has 2 aromatic carbocycles. The van der Waals surface area contributed by atoms with Crippen LogP contribution in [0.1, 0.15) is 88.2 Å². The van der Waals surface area contributed by atoms with Crippen molar-refractivity contribution in [2.75, 3.05) is 21.3 Å². The normalized spacial score (nSPS) is 23.8. The fraction of sp³-hybridized carbons (Fsp3) is 0.488. The van der Waals surface area contributed by atoms with Crippen molar-refractivity contribution >= 4 is 46.4 Å². The molecule has 4 aromatic rings. The summed E-state index contributed by atoms with van der Waals surface area (Å²) in [6.45, 7) is 13.5. The summed E-state index contributed by atoms with van der Waals surface area (Å²) < 4.78 is 9.11. The maximum absolute atomic E-state index is 13.7. The number of amides is 3. The zero-order valence-electron chi connectivity index (χ0n) is 33.8. The smallest absolute Gasteiger partial charge is 0.407 e. The van der Waals surface area contributed by atoms with Crippen LogP contribution in [0.3, 0.4) is 0 Å². The van der Waals surface area contributed by atoms with Crippen LogP contribution in [0.15, 0.2) is 49.6 Å². The van der Waals surface area contributed by atoms with Gasteiger partial charge in [-0.05, 0) is 92.8 Å². The summed E-state index contributed by atoms with van der Waals surface area (Å²) in [4.78, 5) is 67.8. The molecule has 302 valence electrons. The quantitative estimate of drug-likeness (QED) is 0.0949. The van der Waals surface area contributed by atoms with E-state index in [1.807, 2.05) is 62.9 Å². The van der Waals surface area contributed by atoms with Crippen LogP contribution in [-0.2, 0) is 19.1 Å². The molecule has 0 spiro atoms. The van der Waals surface area contributed by atoms with Crippen molar-refractivity contribution in [1.29, 1.82) is 0 Å². The minimum atomic E-state index is -0.655. The Morgan fingerprint density at radius 1 is 0.789 bits per heavy atom. The molecule has 4 heterocycles. The van der Waals surface area contributed by atoms with Gasteiger partial charge in [-0.2, -0.15) is 0 Å². The number of alkyl carbamates (subject to hydrolysis) is 2. The maximum atomic E-state index is 13.7. The van der Waals surface area contributed by atoms with Gasteiger partial charge in [0.2, 0.25) is 5.91 Å². The third kappa shape index (κ3) is 8.83. The molecule has 0 bridgehead atoms. The van der Waals surface area contributed by atoms with Gasteiger partial charge < -0.3 is 39.8 Å². The van der Waals surface area contributed by atoms with Gasteiger partial charge in [-0.1, -0.05) is 39.5 Å². The van der Waals surface area contributed by atoms with Crippen LogP contribution in [0.4, 0.5) is 9.59 Å². The number of carbonyl (C=O) groups is 4. The van der Waals surface area contributed by atoms with Crippen molar-refractivity contribution in [3.8, 4) is 11.8 Å². The topological polar surface area (TPSA) is 175 Å². The largest absolute Gasteiger partial charge is 0.453 e. The van der Waals surface area contributed by atoms with Gasteiger partial charge in [-0.15, -0.1) is 13.2 Å². The molecular weight excluding hydrogens is 725 g/mol. The molecule has 2 aliphatic heterocycles. The molecule has 4 fully saturated rings. The van der Waals surface area contributed by atoms with Gasteiger partial charge in [0.15, 0.2) is 0 Å². The van der Waals surface area contributed by atoms with Crippen molar-refractivity contribution < 1.29 is 28.7 Å². The van der Waals surface area contributed by atoms with Crippen LogP contribution in [0.5, 0.6) is 0 Å². The predicted molar refractivity (Wildman–Crippen MR) is 217 cm³/mol. The molecule has 4 unspecified atom stereocenters. The molecule has 4 N–H and O–H groups in total. The second kappa shape index (κ2) is 17.2. The summed E-state index contributed by atoms with van der Waals surface area (Å²) in [6.07, 6.45) is 3.90. The fourth-order valence-corrected chi connectivity index (χ4v) is 8.08. The average Bonchev–Trinajstić information content (AvgIpc) is 3.92. The van der Waals surface area contributed by atoms with Crippen LogP contribution in [0.25, 0.3) is 22.1 Å². The summed E-state index contributed by atoms with van der Waals surface area (Å²) in [6, 6.07) is 12.2. The molecule has 8 rings (SSSR count). The van der Waals surface area contributed by atoms with E-state index < -0.39 is 24.3 Å². The Bertz CT molecular complexity index is 2180. The maximum Gasteiger partial charge on any atom is 0.407 e. The molecule has 2 aromatic heterocycles. The summed E-state index contributed by atoms with van der Waals surface area (Å²) in [7, 11) is 4.78. The van der Waals surface area contributed by atoms with E-state index in [4.69, 9.17) is 14.7 Å². The molecule has 0 radical (unpaired) electrons. The second-order valence-corrected chi connectivity index (χ2v) is 15.9. The Hall–Kier alpha value is -5.68. The lowest BCUT2D eigenvalue weighted by Crippen LogP contribution is -2.52. The number of rotatable bonds is 8. The van der Waals surface area contributed by atoms with Crippen LogP contribution in [0.2, 0.25) is 0 Å². The first-order valence-electron chi connectivity index (χ1n) is 19.6. The van der Waals surface area contributed by atoms with Gasteiger partial charge >= 0.3 is 12.2 Å². The highest BCUT2D eigenvalue weighted by molar-refractivity contribution is 5.87. The summed E-state index contributed by atoms with van der Waals surface area (Å²) in [5, 5.41) is 5.12. The standard InChI is InChI=1S/C34H37N7O3.C7H13NO3.C2H4/c1-17(2)30(39-34(43)44-4)33(42)41-27-14-21(27)16-29(41)32-36-23-10-8-19(12-25(23)38-32)6-5-18-7-9-22-24(11-18)37-31(35-22)28-15-20-13-26(20)40(28)3;1-5(2)6(4-9)8-7(10)11-3;1-2/h7-12,17,20-21,26-30H,13-16H2,1-4H3,(H,35,37)(H,36,38)(H,39,43);4-6H,1-3H3,(H,8,10);1-2H2/t20-,21-,26?,27?,28+,29+,30?;;/m1../s1. The van der Waals surface area contributed by atoms with E-state index in [2.05, 4.69) is 68.4 Å². The van der Waals surface area contributed by atoms with Gasteiger partial charge in [0.25, 0.3) is 0 Å². The average molecular weight is 779 g/mol. The predicted octanol–water partition coefficient (Wildman–Crippen LogP) is 6.01. The zero-order valence-corrected chi connectivity index (χ0v) is 33.8. The van der Waals surface area contributed by atoms with Crippen molar-refractivity contribution in [1.82, 2.24) is 40.4 Å². The zero-order chi connectivity index (χ0) is 41.1. The third-order valence-electron chi connectivity index (χ3n) is 11.5. The Balaban J connectivity index is 0.000000368. The number of fused-ring (bicyclic) bond motifs is 4. The number of hydrogen-bond donors (Lipinski definition) is 4. The number of aldehydes is 1. The van der Waals surface area contributed by atoms with Crippen LogP contribution >= 0.6 is 0 Å². The lowest BCUT2D eigenvalue weighted by atomic mass is 10.0. The summed E-state index contributed by atoms with van der Waals surface area (Å²) in [5.74, 6) is 9.69. The summed E-state index contributed by atoms with van der Waals surface area (Å²) in [5.41, 5.74) is 5.54. The number of methoxy groups -OCH3 is 2. The summed E-state index contributed by atoms with van der Waals surface area (Å²) >= 11 is 0. The molecule has 2 saturated carbocycles. The molecule has 3 amide bonds. The number of carbonyl (C=O) groups excluding carboxylic acids is 4. The molecule has 57 heavy (non-hydrogen) atoms.